The van der Waals surface area contributed by atoms with E-state index < -0.39 is 5.56 Å². The summed E-state index contributed by atoms with van der Waals surface area (Å²) in [6.07, 6.45) is 2.35. The van der Waals surface area contributed by atoms with E-state index in [1.54, 1.807) is 0 Å². The van der Waals surface area contributed by atoms with Crippen molar-refractivity contribution in [2.45, 2.75) is 19.8 Å². The van der Waals surface area contributed by atoms with Crippen molar-refractivity contribution in [2.75, 3.05) is 64.3 Å². The maximum Gasteiger partial charge on any atom is 0.274 e. The molecule has 2 aromatic heterocycles. The van der Waals surface area contributed by atoms with Gasteiger partial charge in [0.15, 0.2) is 0 Å². The molecule has 2 aliphatic heterocycles. The SMILES string of the molecule is C[C@@H]1CCCN(c2nn3c(C(=O)NCCN4CCN(C)CC4)cc(=O)nc3s2)C1. The summed E-state index contributed by atoms with van der Waals surface area (Å²) in [6, 6.07) is 1.28. The minimum Gasteiger partial charge on any atom is -0.349 e. The number of fused-ring (bicyclic) bond motifs is 1. The van der Waals surface area contributed by atoms with Crippen molar-refractivity contribution < 1.29 is 4.79 Å². The van der Waals surface area contributed by atoms with Gasteiger partial charge in [-0.3, -0.25) is 14.5 Å². The Labute approximate surface area is 174 Å². The molecule has 0 unspecified atom stereocenters. The van der Waals surface area contributed by atoms with Gasteiger partial charge in [0.2, 0.25) is 10.1 Å². The Morgan fingerprint density at radius 1 is 1.28 bits per heavy atom. The van der Waals surface area contributed by atoms with Gasteiger partial charge in [0.05, 0.1) is 0 Å². The van der Waals surface area contributed by atoms with Gasteiger partial charge in [-0.2, -0.15) is 9.50 Å². The topological polar surface area (TPSA) is 86.1 Å². The minimum absolute atomic E-state index is 0.255. The fourth-order valence-corrected chi connectivity index (χ4v) is 4.89. The number of hydrogen-bond donors (Lipinski definition) is 1. The number of amides is 1. The van der Waals surface area contributed by atoms with Crippen molar-refractivity contribution in [3.63, 3.8) is 0 Å². The summed E-state index contributed by atoms with van der Waals surface area (Å²) in [5, 5.41) is 8.38. The summed E-state index contributed by atoms with van der Waals surface area (Å²) in [5.74, 6) is 0.332. The second kappa shape index (κ2) is 8.76. The molecule has 0 bridgehead atoms. The summed E-state index contributed by atoms with van der Waals surface area (Å²) in [6.45, 7) is 9.58. The number of carbonyl (C=O) groups is 1. The molecule has 2 aromatic rings. The predicted molar refractivity (Wildman–Crippen MR) is 114 cm³/mol. The van der Waals surface area contributed by atoms with E-state index in [9.17, 15) is 9.59 Å². The predicted octanol–water partition coefficient (Wildman–Crippen LogP) is 0.365. The van der Waals surface area contributed by atoms with E-state index in [1.807, 2.05) is 0 Å². The van der Waals surface area contributed by atoms with Crippen LogP contribution in [0.15, 0.2) is 10.9 Å². The lowest BCUT2D eigenvalue weighted by atomic mass is 10.0. The van der Waals surface area contributed by atoms with Gasteiger partial charge in [0.25, 0.3) is 11.5 Å². The molecule has 4 rings (SSSR count). The highest BCUT2D eigenvalue weighted by atomic mass is 32.1. The number of rotatable bonds is 5. The van der Waals surface area contributed by atoms with Crippen molar-refractivity contribution >= 4 is 27.3 Å². The van der Waals surface area contributed by atoms with Crippen LogP contribution in [-0.4, -0.2) is 89.7 Å². The second-order valence-electron chi connectivity index (χ2n) is 8.15. The standard InChI is InChI=1S/C19H29N7O2S/c1-14-4-3-6-25(13-14)19-22-26-15(12-16(27)21-18(26)29-19)17(28)20-5-7-24-10-8-23(2)9-11-24/h12,14H,3-11,13H2,1-2H3,(H,20,28)/t14-/m1/s1. The lowest BCUT2D eigenvalue weighted by Gasteiger charge is -2.32. The third-order valence-electron chi connectivity index (χ3n) is 5.71. The van der Waals surface area contributed by atoms with Crippen LogP contribution in [0.4, 0.5) is 5.13 Å². The Bertz CT molecular complexity index is 919. The first kappa shape index (κ1) is 20.2. The van der Waals surface area contributed by atoms with E-state index in [2.05, 4.69) is 44.1 Å². The minimum atomic E-state index is -0.406. The Morgan fingerprint density at radius 3 is 2.83 bits per heavy atom. The fourth-order valence-electron chi connectivity index (χ4n) is 3.95. The first-order chi connectivity index (χ1) is 14.0. The van der Waals surface area contributed by atoms with Gasteiger partial charge in [0.1, 0.15) is 5.69 Å². The van der Waals surface area contributed by atoms with Gasteiger partial charge in [-0.15, -0.1) is 5.10 Å². The number of carbonyl (C=O) groups excluding carboxylic acids is 1. The highest BCUT2D eigenvalue weighted by Gasteiger charge is 2.22. The maximum atomic E-state index is 12.8. The summed E-state index contributed by atoms with van der Waals surface area (Å²) in [5.41, 5.74) is -0.151. The molecule has 2 aliphatic rings. The van der Waals surface area contributed by atoms with Gasteiger partial charge < -0.3 is 15.1 Å². The molecular weight excluding hydrogens is 390 g/mol. The average molecular weight is 420 g/mol. The monoisotopic (exact) mass is 419 g/mol. The smallest absolute Gasteiger partial charge is 0.274 e. The summed E-state index contributed by atoms with van der Waals surface area (Å²) in [7, 11) is 2.12. The van der Waals surface area contributed by atoms with E-state index >= 15 is 0 Å². The third kappa shape index (κ3) is 4.76. The van der Waals surface area contributed by atoms with Gasteiger partial charge in [-0.05, 0) is 25.8 Å². The van der Waals surface area contributed by atoms with Crippen LogP contribution in [-0.2, 0) is 0 Å². The van der Waals surface area contributed by atoms with Crippen molar-refractivity contribution in [3.05, 3.63) is 22.1 Å². The lowest BCUT2D eigenvalue weighted by molar-refractivity contribution is 0.0933. The van der Waals surface area contributed by atoms with Gasteiger partial charge >= 0.3 is 0 Å². The lowest BCUT2D eigenvalue weighted by Crippen LogP contribution is -2.47. The maximum absolute atomic E-state index is 12.8. The normalized spacial score (nSPS) is 21.6. The zero-order chi connectivity index (χ0) is 20.4. The number of aromatic nitrogens is 3. The molecule has 0 saturated carbocycles. The average Bonchev–Trinajstić information content (AvgIpc) is 3.12. The summed E-state index contributed by atoms with van der Waals surface area (Å²) in [4.78, 5) is 36.2. The first-order valence-corrected chi connectivity index (χ1v) is 11.2. The third-order valence-corrected chi connectivity index (χ3v) is 6.68. The molecule has 0 aliphatic carbocycles. The van der Waals surface area contributed by atoms with Crippen LogP contribution in [0, 0.1) is 5.92 Å². The zero-order valence-corrected chi connectivity index (χ0v) is 18.0. The van der Waals surface area contributed by atoms with Crippen LogP contribution >= 0.6 is 11.3 Å². The van der Waals surface area contributed by atoms with Gasteiger partial charge in [-0.1, -0.05) is 18.3 Å². The van der Waals surface area contributed by atoms with Crippen molar-refractivity contribution in [2.24, 2.45) is 5.92 Å². The molecule has 4 heterocycles. The zero-order valence-electron chi connectivity index (χ0n) is 17.1. The van der Waals surface area contributed by atoms with Gasteiger partial charge in [-0.25, -0.2) is 0 Å². The summed E-state index contributed by atoms with van der Waals surface area (Å²) >= 11 is 1.37. The molecule has 1 N–H and O–H groups in total. The molecule has 1 amide bonds. The summed E-state index contributed by atoms with van der Waals surface area (Å²) < 4.78 is 1.52. The highest BCUT2D eigenvalue weighted by Crippen LogP contribution is 2.27. The molecule has 158 valence electrons. The van der Waals surface area contributed by atoms with Crippen LogP contribution < -0.4 is 15.8 Å². The Balaban J connectivity index is 1.46. The van der Waals surface area contributed by atoms with E-state index in [1.165, 1.54) is 28.3 Å². The van der Waals surface area contributed by atoms with E-state index in [4.69, 9.17) is 0 Å². The van der Waals surface area contributed by atoms with Crippen molar-refractivity contribution in [1.29, 1.82) is 0 Å². The van der Waals surface area contributed by atoms with Gasteiger partial charge in [0, 0.05) is 58.4 Å². The number of hydrogen-bond acceptors (Lipinski definition) is 8. The quantitative estimate of drug-likeness (QED) is 0.749. The van der Waals surface area contributed by atoms with Crippen LogP contribution in [0.5, 0.6) is 0 Å². The largest absolute Gasteiger partial charge is 0.349 e. The second-order valence-corrected chi connectivity index (χ2v) is 9.09. The number of nitrogens with one attached hydrogen (secondary N) is 1. The molecule has 9 nitrogen and oxygen atoms in total. The van der Waals surface area contributed by atoms with E-state index in [0.717, 1.165) is 57.4 Å². The molecule has 0 radical (unpaired) electrons. The van der Waals surface area contributed by atoms with E-state index in [0.29, 0.717) is 17.4 Å². The van der Waals surface area contributed by atoms with Crippen LogP contribution in [0.3, 0.4) is 0 Å². The molecule has 1 atom stereocenters. The Morgan fingerprint density at radius 2 is 2.07 bits per heavy atom. The number of nitrogens with zero attached hydrogens (tertiary/aromatic N) is 6. The molecule has 2 saturated heterocycles. The number of piperazine rings is 1. The molecule has 0 aromatic carbocycles. The van der Waals surface area contributed by atoms with E-state index in [-0.39, 0.29) is 11.6 Å². The molecular formula is C19H29N7O2S. The molecule has 0 spiro atoms. The highest BCUT2D eigenvalue weighted by molar-refractivity contribution is 7.20. The van der Waals surface area contributed by atoms with Crippen molar-refractivity contribution in [1.82, 2.24) is 29.7 Å². The number of piperidine rings is 1. The number of likely N-dealkylation sites (N-methyl/N-ethyl adjacent to an activating group) is 1. The molecule has 2 fully saturated rings. The molecule has 10 heteroatoms. The van der Waals surface area contributed by atoms with Crippen LogP contribution in [0.1, 0.15) is 30.3 Å². The first-order valence-electron chi connectivity index (χ1n) is 10.3. The Kier molecular flexibility index (Phi) is 6.12. The number of anilines is 1. The fraction of sp³-hybridized carbons (Fsp3) is 0.684. The van der Waals surface area contributed by atoms with Crippen molar-refractivity contribution in [3.8, 4) is 0 Å². The van der Waals surface area contributed by atoms with Crippen LogP contribution in [0.2, 0.25) is 0 Å². The molecule has 29 heavy (non-hydrogen) atoms. The van der Waals surface area contributed by atoms with Crippen LogP contribution in [0.25, 0.3) is 4.96 Å². The Hall–Kier alpha value is -2.04.